The van der Waals surface area contributed by atoms with E-state index >= 15 is 0 Å². The first kappa shape index (κ1) is 13.9. The van der Waals surface area contributed by atoms with Gasteiger partial charge in [0, 0.05) is 13.0 Å². The second-order valence-corrected chi connectivity index (χ2v) is 2.44. The topological polar surface area (TPSA) is 104 Å². The molecular formula is C3H8NNaO5S. The van der Waals surface area contributed by atoms with Crippen LogP contribution in [0.5, 0.6) is 0 Å². The molecule has 3 N–H and O–H groups in total. The molecular weight excluding hydrogens is 185 g/mol. The van der Waals surface area contributed by atoms with Crippen molar-refractivity contribution in [2.24, 2.45) is 0 Å². The van der Waals surface area contributed by atoms with Gasteiger partial charge in [-0.1, -0.05) is 0 Å². The predicted octanol–water partition coefficient (Wildman–Crippen LogP) is -1.79. The predicted molar refractivity (Wildman–Crippen MR) is 39.0 cm³/mol. The van der Waals surface area contributed by atoms with E-state index in [2.05, 4.69) is 5.32 Å². The fourth-order valence-corrected chi connectivity index (χ4v) is 0.227. The molecule has 6 nitrogen and oxygen atoms in total. The Bertz CT molecular complexity index is 198. The van der Waals surface area contributed by atoms with Gasteiger partial charge in [-0.2, -0.15) is 8.42 Å². The molecule has 0 radical (unpaired) electrons. The fourth-order valence-electron chi connectivity index (χ4n) is 0.227. The molecule has 1 aliphatic rings. The summed E-state index contributed by atoms with van der Waals surface area (Å²) in [6, 6.07) is 0. The summed E-state index contributed by atoms with van der Waals surface area (Å²) in [5.41, 5.74) is 0. The molecule has 1 rings (SSSR count). The van der Waals surface area contributed by atoms with Gasteiger partial charge in [-0.25, -0.2) is 0 Å². The molecule has 11 heavy (non-hydrogen) atoms. The minimum atomic E-state index is -4.67. The van der Waals surface area contributed by atoms with Gasteiger partial charge in [0.15, 0.2) is 0 Å². The van der Waals surface area contributed by atoms with Gasteiger partial charge in [0.25, 0.3) is 0 Å². The standard InChI is InChI=1S/C3H5NO.Na.H2O4S.H/c5-3-1-2-4-3;;1-5(2,3)4;/h1-2H2,(H,4,5);;(H2,1,2,3,4);. The molecule has 1 amide bonds. The van der Waals surface area contributed by atoms with Crippen molar-refractivity contribution in [3.05, 3.63) is 0 Å². The number of carbonyl (C=O) groups is 1. The van der Waals surface area contributed by atoms with Crippen molar-refractivity contribution in [2.75, 3.05) is 6.54 Å². The Morgan fingerprint density at radius 1 is 1.36 bits per heavy atom. The maximum atomic E-state index is 9.79. The quantitative estimate of drug-likeness (QED) is 0.239. The minimum absolute atomic E-state index is 0. The van der Waals surface area contributed by atoms with E-state index in [4.69, 9.17) is 17.5 Å². The van der Waals surface area contributed by atoms with E-state index < -0.39 is 10.4 Å². The van der Waals surface area contributed by atoms with Crippen molar-refractivity contribution in [3.63, 3.8) is 0 Å². The number of amides is 1. The van der Waals surface area contributed by atoms with E-state index in [1.807, 2.05) is 0 Å². The molecule has 62 valence electrons. The molecule has 0 aromatic rings. The zero-order valence-electron chi connectivity index (χ0n) is 4.94. The average molecular weight is 193 g/mol. The molecule has 0 spiro atoms. The summed E-state index contributed by atoms with van der Waals surface area (Å²) >= 11 is 0. The molecule has 0 bridgehead atoms. The van der Waals surface area contributed by atoms with Crippen molar-refractivity contribution in [1.82, 2.24) is 5.32 Å². The summed E-state index contributed by atoms with van der Waals surface area (Å²) in [6.45, 7) is 0.888. The van der Waals surface area contributed by atoms with E-state index in [0.717, 1.165) is 13.0 Å². The summed E-state index contributed by atoms with van der Waals surface area (Å²) < 4.78 is 31.6. The monoisotopic (exact) mass is 193 g/mol. The van der Waals surface area contributed by atoms with Crippen LogP contribution in [0.15, 0.2) is 0 Å². The van der Waals surface area contributed by atoms with Gasteiger partial charge in [0.2, 0.25) is 5.91 Å². The van der Waals surface area contributed by atoms with Crippen LogP contribution >= 0.6 is 0 Å². The van der Waals surface area contributed by atoms with Gasteiger partial charge in [-0.15, -0.1) is 0 Å². The SMILES string of the molecule is O=C1CCN1.O=S(=O)(O)O.[NaH]. The third-order valence-electron chi connectivity index (χ3n) is 0.674. The fraction of sp³-hybridized carbons (Fsp3) is 0.667. The van der Waals surface area contributed by atoms with Gasteiger partial charge in [-0.05, 0) is 0 Å². The number of hydrogen-bond donors (Lipinski definition) is 3. The van der Waals surface area contributed by atoms with Crippen LogP contribution in [0.3, 0.4) is 0 Å². The van der Waals surface area contributed by atoms with Gasteiger partial charge >= 0.3 is 40.0 Å². The third-order valence-corrected chi connectivity index (χ3v) is 0.674. The van der Waals surface area contributed by atoms with Crippen molar-refractivity contribution in [2.45, 2.75) is 6.42 Å². The maximum absolute atomic E-state index is 9.79. The Morgan fingerprint density at radius 2 is 1.55 bits per heavy atom. The zero-order valence-corrected chi connectivity index (χ0v) is 5.76. The first-order valence-corrected chi connectivity index (χ1v) is 3.76. The van der Waals surface area contributed by atoms with Gasteiger partial charge < -0.3 is 5.32 Å². The summed E-state index contributed by atoms with van der Waals surface area (Å²) in [7, 11) is -4.67. The molecule has 8 heteroatoms. The first-order valence-electron chi connectivity index (χ1n) is 2.36. The summed E-state index contributed by atoms with van der Waals surface area (Å²) in [6.07, 6.45) is 0.736. The van der Waals surface area contributed by atoms with Crippen LogP contribution in [0.1, 0.15) is 6.42 Å². The molecule has 0 atom stereocenters. The normalized spacial score (nSPS) is 14.5. The van der Waals surface area contributed by atoms with Crippen LogP contribution in [0, 0.1) is 0 Å². The van der Waals surface area contributed by atoms with Crippen molar-refractivity contribution in [3.8, 4) is 0 Å². The van der Waals surface area contributed by atoms with E-state index in [9.17, 15) is 4.79 Å². The van der Waals surface area contributed by atoms with Crippen LogP contribution in [-0.2, 0) is 15.2 Å². The van der Waals surface area contributed by atoms with Gasteiger partial charge in [0.05, 0.1) is 0 Å². The van der Waals surface area contributed by atoms with E-state index in [1.54, 1.807) is 0 Å². The van der Waals surface area contributed by atoms with Crippen LogP contribution in [0.4, 0.5) is 0 Å². The first-order chi connectivity index (χ1) is 4.39. The second kappa shape index (κ2) is 5.92. The molecule has 0 unspecified atom stereocenters. The Labute approximate surface area is 86.2 Å². The van der Waals surface area contributed by atoms with Crippen molar-refractivity contribution in [1.29, 1.82) is 0 Å². The number of nitrogens with one attached hydrogen (secondary N) is 1. The van der Waals surface area contributed by atoms with Gasteiger partial charge in [-0.3, -0.25) is 13.9 Å². The number of β-lactam (4-membered cyclic amide) rings is 1. The van der Waals surface area contributed by atoms with Crippen LogP contribution in [0.2, 0.25) is 0 Å². The summed E-state index contributed by atoms with van der Waals surface area (Å²) in [5.74, 6) is 0.185. The Balaban J connectivity index is 0. The number of carbonyl (C=O) groups excluding carboxylic acids is 1. The molecule has 1 saturated heterocycles. The Kier molecular flexibility index (Phi) is 7.48. The molecule has 1 fully saturated rings. The average Bonchev–Trinajstić information content (AvgIpc) is 1.56. The second-order valence-electron chi connectivity index (χ2n) is 1.55. The Morgan fingerprint density at radius 3 is 1.55 bits per heavy atom. The number of hydrogen-bond acceptors (Lipinski definition) is 3. The van der Waals surface area contributed by atoms with E-state index in [0.29, 0.717) is 0 Å². The Hall–Kier alpha value is 0.340. The molecule has 1 heterocycles. The molecule has 0 aliphatic carbocycles. The summed E-state index contributed by atoms with van der Waals surface area (Å²) in [5, 5.41) is 2.57. The van der Waals surface area contributed by atoms with Crippen molar-refractivity contribution < 1.29 is 22.3 Å². The summed E-state index contributed by atoms with van der Waals surface area (Å²) in [4.78, 5) is 9.79. The zero-order chi connectivity index (χ0) is 8.20. The molecule has 0 saturated carbocycles. The molecule has 0 aromatic carbocycles. The van der Waals surface area contributed by atoms with E-state index in [1.165, 1.54) is 0 Å². The number of rotatable bonds is 0. The van der Waals surface area contributed by atoms with Crippen LogP contribution < -0.4 is 5.32 Å². The molecule has 1 aliphatic heterocycles. The van der Waals surface area contributed by atoms with Crippen molar-refractivity contribution >= 4 is 45.9 Å². The van der Waals surface area contributed by atoms with Crippen LogP contribution in [-0.4, -0.2) is 59.5 Å². The third kappa shape index (κ3) is 17.9. The van der Waals surface area contributed by atoms with Crippen LogP contribution in [0.25, 0.3) is 0 Å². The van der Waals surface area contributed by atoms with E-state index in [-0.39, 0.29) is 35.5 Å². The van der Waals surface area contributed by atoms with Gasteiger partial charge in [0.1, 0.15) is 0 Å². The molecule has 0 aromatic heterocycles.